The standard InChI is InChI=1S/C14H14N2O/c1-10(17)9-16-8-6-11-4-5-13-12(14(11)16)3-2-7-15-13/h2-8,10,17H,9H2,1H3/t10-/m1/s1. The molecule has 1 aromatic carbocycles. The van der Waals surface area contributed by atoms with E-state index in [4.69, 9.17) is 0 Å². The van der Waals surface area contributed by atoms with Crippen LogP contribution < -0.4 is 0 Å². The summed E-state index contributed by atoms with van der Waals surface area (Å²) in [6.45, 7) is 2.41. The molecule has 0 radical (unpaired) electrons. The normalized spacial score (nSPS) is 13.3. The Morgan fingerprint density at radius 2 is 2.18 bits per heavy atom. The van der Waals surface area contributed by atoms with Gasteiger partial charge in [0.25, 0.3) is 0 Å². The zero-order valence-electron chi connectivity index (χ0n) is 9.67. The second kappa shape index (κ2) is 3.86. The van der Waals surface area contributed by atoms with E-state index in [1.54, 1.807) is 13.1 Å². The molecule has 3 aromatic rings. The number of pyridine rings is 1. The summed E-state index contributed by atoms with van der Waals surface area (Å²) in [5.41, 5.74) is 2.14. The zero-order chi connectivity index (χ0) is 11.8. The van der Waals surface area contributed by atoms with E-state index in [2.05, 4.69) is 27.8 Å². The van der Waals surface area contributed by atoms with Crippen molar-refractivity contribution in [2.75, 3.05) is 0 Å². The van der Waals surface area contributed by atoms with Crippen LogP contribution in [0.25, 0.3) is 21.8 Å². The van der Waals surface area contributed by atoms with Gasteiger partial charge >= 0.3 is 0 Å². The maximum Gasteiger partial charge on any atom is 0.0723 e. The van der Waals surface area contributed by atoms with Crippen molar-refractivity contribution in [1.29, 1.82) is 0 Å². The Labute approximate surface area is 99.3 Å². The highest BCUT2D eigenvalue weighted by atomic mass is 16.3. The number of nitrogens with zero attached hydrogens (tertiary/aromatic N) is 2. The molecule has 86 valence electrons. The summed E-state index contributed by atoms with van der Waals surface area (Å²) in [5.74, 6) is 0. The average molecular weight is 226 g/mol. The van der Waals surface area contributed by atoms with Gasteiger partial charge in [-0.3, -0.25) is 4.98 Å². The number of aliphatic hydroxyl groups excluding tert-OH is 1. The highest BCUT2D eigenvalue weighted by molar-refractivity contribution is 6.04. The number of rotatable bonds is 2. The summed E-state index contributed by atoms with van der Waals surface area (Å²) < 4.78 is 2.09. The summed E-state index contributed by atoms with van der Waals surface area (Å²) in [7, 11) is 0. The van der Waals surface area contributed by atoms with Gasteiger partial charge in [-0.2, -0.15) is 0 Å². The van der Waals surface area contributed by atoms with Gasteiger partial charge in [0.1, 0.15) is 0 Å². The van der Waals surface area contributed by atoms with Gasteiger partial charge < -0.3 is 9.67 Å². The molecule has 1 atom stereocenters. The van der Waals surface area contributed by atoms with Crippen molar-refractivity contribution in [3.05, 3.63) is 42.7 Å². The smallest absolute Gasteiger partial charge is 0.0723 e. The second-order valence-electron chi connectivity index (χ2n) is 4.39. The molecule has 2 aromatic heterocycles. The summed E-state index contributed by atoms with van der Waals surface area (Å²) in [6.07, 6.45) is 3.47. The van der Waals surface area contributed by atoms with Gasteiger partial charge in [-0.1, -0.05) is 6.07 Å². The van der Waals surface area contributed by atoms with Crippen molar-refractivity contribution in [1.82, 2.24) is 9.55 Å². The van der Waals surface area contributed by atoms with E-state index in [-0.39, 0.29) is 6.10 Å². The lowest BCUT2D eigenvalue weighted by atomic mass is 10.1. The van der Waals surface area contributed by atoms with Crippen LogP contribution in [0.2, 0.25) is 0 Å². The first kappa shape index (κ1) is 10.3. The molecule has 3 nitrogen and oxygen atoms in total. The third-order valence-electron chi connectivity index (χ3n) is 2.97. The van der Waals surface area contributed by atoms with Crippen LogP contribution in [-0.2, 0) is 6.54 Å². The molecule has 17 heavy (non-hydrogen) atoms. The van der Waals surface area contributed by atoms with Crippen LogP contribution in [0.3, 0.4) is 0 Å². The van der Waals surface area contributed by atoms with Crippen molar-refractivity contribution >= 4 is 21.8 Å². The number of hydrogen-bond acceptors (Lipinski definition) is 2. The van der Waals surface area contributed by atoms with E-state index in [1.165, 1.54) is 5.39 Å². The Morgan fingerprint density at radius 3 is 3.00 bits per heavy atom. The molecule has 0 bridgehead atoms. The van der Waals surface area contributed by atoms with Gasteiger partial charge in [-0.25, -0.2) is 0 Å². The Bertz CT molecular complexity index is 670. The van der Waals surface area contributed by atoms with Gasteiger partial charge in [0.15, 0.2) is 0 Å². The highest BCUT2D eigenvalue weighted by Gasteiger charge is 2.07. The fraction of sp³-hybridized carbons (Fsp3) is 0.214. The van der Waals surface area contributed by atoms with Crippen LogP contribution >= 0.6 is 0 Å². The van der Waals surface area contributed by atoms with E-state index in [0.29, 0.717) is 6.54 Å². The Hall–Kier alpha value is -1.87. The minimum atomic E-state index is -0.350. The summed E-state index contributed by atoms with van der Waals surface area (Å²) >= 11 is 0. The van der Waals surface area contributed by atoms with Crippen LogP contribution in [-0.4, -0.2) is 20.8 Å². The maximum absolute atomic E-state index is 9.52. The van der Waals surface area contributed by atoms with E-state index < -0.39 is 0 Å². The van der Waals surface area contributed by atoms with E-state index in [9.17, 15) is 5.11 Å². The number of aliphatic hydroxyl groups is 1. The predicted molar refractivity (Wildman–Crippen MR) is 68.9 cm³/mol. The van der Waals surface area contributed by atoms with Gasteiger partial charge in [-0.15, -0.1) is 0 Å². The summed E-state index contributed by atoms with van der Waals surface area (Å²) in [4.78, 5) is 4.36. The number of fused-ring (bicyclic) bond motifs is 3. The molecule has 1 N–H and O–H groups in total. The molecule has 0 saturated heterocycles. The van der Waals surface area contributed by atoms with Gasteiger partial charge in [0.2, 0.25) is 0 Å². The minimum Gasteiger partial charge on any atom is -0.392 e. The maximum atomic E-state index is 9.52. The van der Waals surface area contributed by atoms with Crippen LogP contribution in [0.5, 0.6) is 0 Å². The highest BCUT2D eigenvalue weighted by Crippen LogP contribution is 2.25. The van der Waals surface area contributed by atoms with Crippen molar-refractivity contribution in [3.8, 4) is 0 Å². The molecule has 0 aliphatic heterocycles. The predicted octanol–water partition coefficient (Wildman–Crippen LogP) is 2.57. The first-order chi connectivity index (χ1) is 8.25. The molecule has 3 rings (SSSR count). The van der Waals surface area contributed by atoms with Crippen LogP contribution in [0, 0.1) is 0 Å². The SMILES string of the molecule is C[C@@H](O)Cn1ccc2ccc3ncccc3c21. The van der Waals surface area contributed by atoms with E-state index >= 15 is 0 Å². The molecule has 0 aliphatic carbocycles. The molecular formula is C14H14N2O. The van der Waals surface area contributed by atoms with Crippen molar-refractivity contribution in [2.45, 2.75) is 19.6 Å². The second-order valence-corrected chi connectivity index (χ2v) is 4.39. The summed E-state index contributed by atoms with van der Waals surface area (Å²) in [6, 6.07) is 10.2. The minimum absolute atomic E-state index is 0.350. The molecule has 0 aliphatic rings. The fourth-order valence-electron chi connectivity index (χ4n) is 2.29. The lowest BCUT2D eigenvalue weighted by Crippen LogP contribution is -2.10. The lowest BCUT2D eigenvalue weighted by molar-refractivity contribution is 0.175. The van der Waals surface area contributed by atoms with Crippen LogP contribution in [0.15, 0.2) is 42.7 Å². The largest absolute Gasteiger partial charge is 0.392 e. The molecule has 3 heteroatoms. The average Bonchev–Trinajstić information content (AvgIpc) is 2.72. The molecule has 0 saturated carbocycles. The van der Waals surface area contributed by atoms with E-state index in [1.807, 2.05) is 18.3 Å². The molecule has 0 spiro atoms. The zero-order valence-corrected chi connectivity index (χ0v) is 9.67. The number of aromatic nitrogens is 2. The summed E-state index contributed by atoms with van der Waals surface area (Å²) in [5, 5.41) is 11.8. The van der Waals surface area contributed by atoms with E-state index in [0.717, 1.165) is 16.4 Å². The van der Waals surface area contributed by atoms with Crippen LogP contribution in [0.4, 0.5) is 0 Å². The molecule has 0 unspecified atom stereocenters. The molecule has 0 fully saturated rings. The van der Waals surface area contributed by atoms with Gasteiger partial charge in [0.05, 0.1) is 17.1 Å². The fourth-order valence-corrected chi connectivity index (χ4v) is 2.29. The third kappa shape index (κ3) is 1.68. The monoisotopic (exact) mass is 226 g/mol. The Kier molecular flexibility index (Phi) is 2.34. The first-order valence-corrected chi connectivity index (χ1v) is 5.76. The quantitative estimate of drug-likeness (QED) is 0.729. The van der Waals surface area contributed by atoms with Crippen molar-refractivity contribution in [3.63, 3.8) is 0 Å². The van der Waals surface area contributed by atoms with Crippen LogP contribution in [0.1, 0.15) is 6.92 Å². The topological polar surface area (TPSA) is 38.0 Å². The molecule has 2 heterocycles. The molecule has 0 amide bonds. The molecular weight excluding hydrogens is 212 g/mol. The lowest BCUT2D eigenvalue weighted by Gasteiger charge is -2.09. The van der Waals surface area contributed by atoms with Crippen molar-refractivity contribution < 1.29 is 5.11 Å². The van der Waals surface area contributed by atoms with Gasteiger partial charge in [0, 0.05) is 29.7 Å². The van der Waals surface area contributed by atoms with Crippen molar-refractivity contribution in [2.24, 2.45) is 0 Å². The Morgan fingerprint density at radius 1 is 1.29 bits per heavy atom. The third-order valence-corrected chi connectivity index (χ3v) is 2.97. The number of hydrogen-bond donors (Lipinski definition) is 1. The number of benzene rings is 1. The van der Waals surface area contributed by atoms with Gasteiger partial charge in [-0.05, 0) is 31.2 Å². The first-order valence-electron chi connectivity index (χ1n) is 5.76. The Balaban J connectivity index is 2.34.